The molecule has 0 saturated carbocycles. The Kier molecular flexibility index (Phi) is 7.03. The number of fused-ring (bicyclic) bond motifs is 1. The van der Waals surface area contributed by atoms with Gasteiger partial charge in [-0.1, -0.05) is 45.7 Å². The molecule has 0 spiro atoms. The molecule has 3 rings (SSSR count). The van der Waals surface area contributed by atoms with Crippen molar-refractivity contribution in [2.45, 2.75) is 52.4 Å². The minimum absolute atomic E-state index is 0.309. The van der Waals surface area contributed by atoms with E-state index in [-0.39, 0.29) is 0 Å². The van der Waals surface area contributed by atoms with Crippen LogP contribution in [0.15, 0.2) is 24.3 Å². The third kappa shape index (κ3) is 4.84. The molecule has 0 N–H and O–H groups in total. The van der Waals surface area contributed by atoms with E-state index in [1.807, 2.05) is 24.3 Å². The summed E-state index contributed by atoms with van der Waals surface area (Å²) in [6.45, 7) is 8.44. The first-order valence-electron chi connectivity index (χ1n) is 10.6. The van der Waals surface area contributed by atoms with Gasteiger partial charge in [0.05, 0.1) is 23.7 Å². The van der Waals surface area contributed by atoms with Gasteiger partial charge in [-0.05, 0) is 36.8 Å². The van der Waals surface area contributed by atoms with Gasteiger partial charge in [0.1, 0.15) is 5.69 Å². The zero-order valence-corrected chi connectivity index (χ0v) is 17.6. The van der Waals surface area contributed by atoms with Gasteiger partial charge in [-0.25, -0.2) is 9.97 Å². The van der Waals surface area contributed by atoms with E-state index in [1.54, 1.807) is 0 Å². The Balaban J connectivity index is 1.95. The minimum atomic E-state index is -1.07. The summed E-state index contributed by atoms with van der Waals surface area (Å²) < 4.78 is 5.52. The van der Waals surface area contributed by atoms with Crippen molar-refractivity contribution in [3.05, 3.63) is 30.0 Å². The van der Waals surface area contributed by atoms with Crippen LogP contribution in [0.5, 0.6) is 0 Å². The highest BCUT2D eigenvalue weighted by molar-refractivity contribution is 5.85. The molecule has 0 amide bonds. The number of anilines is 1. The third-order valence-corrected chi connectivity index (χ3v) is 5.92. The molecular formula is C23H30N4O2. The van der Waals surface area contributed by atoms with Gasteiger partial charge in [0.2, 0.25) is 0 Å². The van der Waals surface area contributed by atoms with Crippen molar-refractivity contribution in [2.24, 2.45) is 11.8 Å². The van der Waals surface area contributed by atoms with Crippen LogP contribution in [0.25, 0.3) is 11.0 Å². The van der Waals surface area contributed by atoms with E-state index in [4.69, 9.17) is 14.7 Å². The summed E-state index contributed by atoms with van der Waals surface area (Å²) in [7, 11) is 0. The van der Waals surface area contributed by atoms with Crippen LogP contribution >= 0.6 is 0 Å². The Morgan fingerprint density at radius 3 is 2.41 bits per heavy atom. The number of esters is 1. The van der Waals surface area contributed by atoms with Gasteiger partial charge in [-0.15, -0.1) is 0 Å². The van der Waals surface area contributed by atoms with E-state index >= 15 is 0 Å². The van der Waals surface area contributed by atoms with E-state index in [9.17, 15) is 10.1 Å². The minimum Gasteiger partial charge on any atom is -0.464 e. The van der Waals surface area contributed by atoms with E-state index < -0.39 is 11.9 Å². The highest BCUT2D eigenvalue weighted by atomic mass is 16.5. The number of aromatic nitrogens is 2. The van der Waals surface area contributed by atoms with Crippen LogP contribution in [0, 0.1) is 23.2 Å². The van der Waals surface area contributed by atoms with Crippen LogP contribution in [-0.2, 0) is 9.53 Å². The fraction of sp³-hybridized carbons (Fsp3) is 0.565. The van der Waals surface area contributed by atoms with Crippen molar-refractivity contribution < 1.29 is 9.53 Å². The number of carbonyl (C=O) groups excluding carboxylic acids is 1. The summed E-state index contributed by atoms with van der Waals surface area (Å²) in [6, 6.07) is 9.70. The predicted molar refractivity (Wildman–Crippen MR) is 114 cm³/mol. The molecular weight excluding hydrogens is 364 g/mol. The fourth-order valence-electron chi connectivity index (χ4n) is 3.68. The Morgan fingerprint density at radius 1 is 1.21 bits per heavy atom. The molecule has 1 aliphatic heterocycles. The molecule has 0 bridgehead atoms. The van der Waals surface area contributed by atoms with Crippen molar-refractivity contribution >= 4 is 22.8 Å². The SMILES string of the molecule is CCC(CC)COC(=O)C(C#N)c1nc2ccccc2nc1N1CCC(C)CC1. The Labute approximate surface area is 172 Å². The summed E-state index contributed by atoms with van der Waals surface area (Å²) in [5.41, 5.74) is 1.87. The van der Waals surface area contributed by atoms with Crippen molar-refractivity contribution in [1.29, 1.82) is 5.26 Å². The lowest BCUT2D eigenvalue weighted by Gasteiger charge is -2.32. The maximum absolute atomic E-state index is 12.8. The standard InChI is InChI=1S/C23H30N4O2/c1-4-17(5-2)15-29-23(28)18(14-24)21-22(27-12-10-16(3)11-13-27)26-20-9-7-6-8-19(20)25-21/h6-9,16-18H,4-5,10-13,15H2,1-3H3. The second kappa shape index (κ2) is 9.69. The molecule has 1 aliphatic rings. The van der Waals surface area contributed by atoms with Crippen molar-refractivity contribution in [3.63, 3.8) is 0 Å². The number of rotatable bonds is 7. The molecule has 29 heavy (non-hydrogen) atoms. The summed E-state index contributed by atoms with van der Waals surface area (Å²) >= 11 is 0. The molecule has 1 aromatic heterocycles. The maximum Gasteiger partial charge on any atom is 0.329 e. The molecule has 1 atom stereocenters. The number of carbonyl (C=O) groups is 1. The fourth-order valence-corrected chi connectivity index (χ4v) is 3.68. The van der Waals surface area contributed by atoms with Crippen LogP contribution in [0.4, 0.5) is 5.82 Å². The van der Waals surface area contributed by atoms with Crippen molar-refractivity contribution in [1.82, 2.24) is 9.97 Å². The quantitative estimate of drug-likeness (QED) is 0.646. The maximum atomic E-state index is 12.8. The van der Waals surface area contributed by atoms with Crippen molar-refractivity contribution in [2.75, 3.05) is 24.6 Å². The predicted octanol–water partition coefficient (Wildman–Crippen LogP) is 4.45. The number of benzene rings is 1. The van der Waals surface area contributed by atoms with Gasteiger partial charge in [-0.2, -0.15) is 5.26 Å². The second-order valence-electron chi connectivity index (χ2n) is 7.97. The van der Waals surface area contributed by atoms with Crippen molar-refractivity contribution in [3.8, 4) is 6.07 Å². The van der Waals surface area contributed by atoms with Gasteiger partial charge in [-0.3, -0.25) is 4.79 Å². The largest absolute Gasteiger partial charge is 0.464 e. The molecule has 1 unspecified atom stereocenters. The highest BCUT2D eigenvalue weighted by Gasteiger charge is 2.31. The monoisotopic (exact) mass is 394 g/mol. The van der Waals surface area contributed by atoms with E-state index in [1.165, 1.54) is 0 Å². The molecule has 6 heteroatoms. The zero-order chi connectivity index (χ0) is 20.8. The smallest absolute Gasteiger partial charge is 0.329 e. The van der Waals surface area contributed by atoms with E-state index in [0.717, 1.165) is 44.3 Å². The number of nitrogens with zero attached hydrogens (tertiary/aromatic N) is 4. The topological polar surface area (TPSA) is 79.1 Å². The van der Waals surface area contributed by atoms with Gasteiger partial charge in [0.15, 0.2) is 11.7 Å². The Bertz CT molecular complexity index is 880. The number of piperidine rings is 1. The summed E-state index contributed by atoms with van der Waals surface area (Å²) in [4.78, 5) is 24.5. The van der Waals surface area contributed by atoms with Gasteiger partial charge in [0.25, 0.3) is 0 Å². The normalized spacial score (nSPS) is 16.0. The number of ether oxygens (including phenoxy) is 1. The lowest BCUT2D eigenvalue weighted by Crippen LogP contribution is -2.35. The molecule has 1 saturated heterocycles. The molecule has 1 aromatic carbocycles. The Hall–Kier alpha value is -2.68. The molecule has 1 fully saturated rings. The van der Waals surface area contributed by atoms with Crippen LogP contribution in [0.3, 0.4) is 0 Å². The number of para-hydroxylation sites is 2. The van der Waals surface area contributed by atoms with Crippen LogP contribution in [0.1, 0.15) is 58.1 Å². The average Bonchev–Trinajstić information content (AvgIpc) is 2.75. The lowest BCUT2D eigenvalue weighted by molar-refractivity contribution is -0.145. The first-order chi connectivity index (χ1) is 14.1. The third-order valence-electron chi connectivity index (χ3n) is 5.92. The lowest BCUT2D eigenvalue weighted by atomic mass is 9.98. The molecule has 154 valence electrons. The number of hydrogen-bond donors (Lipinski definition) is 0. The average molecular weight is 395 g/mol. The molecule has 2 heterocycles. The highest BCUT2D eigenvalue weighted by Crippen LogP contribution is 2.31. The molecule has 2 aromatic rings. The molecule has 0 radical (unpaired) electrons. The number of nitriles is 1. The molecule has 6 nitrogen and oxygen atoms in total. The van der Waals surface area contributed by atoms with Crippen LogP contribution < -0.4 is 4.90 Å². The van der Waals surface area contributed by atoms with E-state index in [0.29, 0.717) is 35.5 Å². The van der Waals surface area contributed by atoms with Gasteiger partial charge < -0.3 is 9.64 Å². The Morgan fingerprint density at radius 2 is 1.83 bits per heavy atom. The van der Waals surface area contributed by atoms with Crippen LogP contribution in [-0.4, -0.2) is 35.6 Å². The summed E-state index contributed by atoms with van der Waals surface area (Å²) in [5.74, 6) is 0.0111. The number of hydrogen-bond acceptors (Lipinski definition) is 6. The van der Waals surface area contributed by atoms with Gasteiger partial charge in [0, 0.05) is 13.1 Å². The van der Waals surface area contributed by atoms with E-state index in [2.05, 4.69) is 31.7 Å². The zero-order valence-electron chi connectivity index (χ0n) is 17.6. The first-order valence-corrected chi connectivity index (χ1v) is 10.6. The van der Waals surface area contributed by atoms with Crippen LogP contribution in [0.2, 0.25) is 0 Å². The second-order valence-corrected chi connectivity index (χ2v) is 7.97. The summed E-state index contributed by atoms with van der Waals surface area (Å²) in [5, 5.41) is 9.83. The molecule has 0 aliphatic carbocycles. The first kappa shape index (κ1) is 21.0. The summed E-state index contributed by atoms with van der Waals surface area (Å²) in [6.07, 6.45) is 4.00. The van der Waals surface area contributed by atoms with Gasteiger partial charge >= 0.3 is 5.97 Å².